The number of pyridine rings is 1. The zero-order valence-electron chi connectivity index (χ0n) is 14.4. The molecule has 6 nitrogen and oxygen atoms in total. The molecule has 0 atom stereocenters. The van der Waals surface area contributed by atoms with Crippen LogP contribution in [0.25, 0.3) is 10.6 Å². The van der Waals surface area contributed by atoms with Gasteiger partial charge in [-0.25, -0.2) is 9.97 Å². The molecule has 1 N–H and O–H groups in total. The maximum atomic E-state index is 5.55. The lowest BCUT2D eigenvalue weighted by Gasteiger charge is -2.08. The Morgan fingerprint density at radius 2 is 2.12 bits per heavy atom. The van der Waals surface area contributed by atoms with Crippen LogP contribution in [0.2, 0.25) is 0 Å². The van der Waals surface area contributed by atoms with Crippen LogP contribution in [-0.2, 0) is 13.1 Å². The van der Waals surface area contributed by atoms with Crippen molar-refractivity contribution < 1.29 is 14.2 Å². The van der Waals surface area contributed by atoms with Gasteiger partial charge in [-0.05, 0) is 31.2 Å². The van der Waals surface area contributed by atoms with Crippen LogP contribution in [0.15, 0.2) is 41.9 Å². The van der Waals surface area contributed by atoms with Gasteiger partial charge in [0.1, 0.15) is 5.01 Å². The van der Waals surface area contributed by atoms with Crippen LogP contribution in [0.5, 0.6) is 17.4 Å². The van der Waals surface area contributed by atoms with Crippen LogP contribution in [0.3, 0.4) is 0 Å². The van der Waals surface area contributed by atoms with E-state index in [0.717, 1.165) is 33.3 Å². The number of rotatable bonds is 7. The summed E-state index contributed by atoms with van der Waals surface area (Å²) in [5.74, 6) is 2.24. The first-order valence-electron chi connectivity index (χ1n) is 8.45. The molecule has 0 bridgehead atoms. The highest BCUT2D eigenvalue weighted by Crippen LogP contribution is 2.36. The summed E-state index contributed by atoms with van der Waals surface area (Å²) in [6.07, 6.45) is 1.74. The number of hydrogen-bond acceptors (Lipinski definition) is 7. The van der Waals surface area contributed by atoms with Crippen molar-refractivity contribution in [2.45, 2.75) is 20.0 Å². The molecule has 1 aliphatic rings. The monoisotopic (exact) mass is 369 g/mol. The fourth-order valence-electron chi connectivity index (χ4n) is 2.70. The molecule has 7 heteroatoms. The third kappa shape index (κ3) is 3.63. The normalized spacial score (nSPS) is 12.3. The average Bonchev–Trinajstić information content (AvgIpc) is 3.32. The summed E-state index contributed by atoms with van der Waals surface area (Å²) < 4.78 is 16.3. The van der Waals surface area contributed by atoms with Crippen LogP contribution >= 0.6 is 11.3 Å². The summed E-state index contributed by atoms with van der Waals surface area (Å²) in [6.45, 7) is 4.21. The van der Waals surface area contributed by atoms with Gasteiger partial charge in [0.05, 0.1) is 12.3 Å². The molecule has 0 unspecified atom stereocenters. The lowest BCUT2D eigenvalue weighted by molar-refractivity contribution is 0.174. The van der Waals surface area contributed by atoms with Gasteiger partial charge in [0, 0.05) is 35.8 Å². The first kappa shape index (κ1) is 16.8. The number of nitrogens with zero attached hydrogens (tertiary/aromatic N) is 2. The average molecular weight is 369 g/mol. The van der Waals surface area contributed by atoms with Crippen LogP contribution in [0.4, 0.5) is 0 Å². The summed E-state index contributed by atoms with van der Waals surface area (Å²) in [4.78, 5) is 8.98. The van der Waals surface area contributed by atoms with Gasteiger partial charge in [0.2, 0.25) is 12.7 Å². The SMILES string of the molecule is CCOc1ncccc1CNCc1csc(-c2ccc3c(c2)OCO3)n1. The van der Waals surface area contributed by atoms with Gasteiger partial charge in [-0.2, -0.15) is 0 Å². The Morgan fingerprint density at radius 1 is 1.19 bits per heavy atom. The first-order chi connectivity index (χ1) is 12.8. The Labute approximate surface area is 155 Å². The second-order valence-corrected chi connectivity index (χ2v) is 6.57. The number of thiazole rings is 1. The van der Waals surface area contributed by atoms with E-state index in [1.54, 1.807) is 17.5 Å². The second-order valence-electron chi connectivity index (χ2n) is 5.72. The molecule has 4 rings (SSSR count). The molecular formula is C19H19N3O3S. The Kier molecular flexibility index (Phi) is 4.99. The summed E-state index contributed by atoms with van der Waals surface area (Å²) in [6, 6.07) is 9.84. The van der Waals surface area contributed by atoms with Gasteiger partial charge in [-0.3, -0.25) is 0 Å². The summed E-state index contributed by atoms with van der Waals surface area (Å²) in [5.41, 5.74) is 3.08. The van der Waals surface area contributed by atoms with E-state index in [0.29, 0.717) is 25.6 Å². The highest BCUT2D eigenvalue weighted by Gasteiger charge is 2.15. The molecule has 0 spiro atoms. The van der Waals surface area contributed by atoms with Crippen molar-refractivity contribution in [3.63, 3.8) is 0 Å². The van der Waals surface area contributed by atoms with Crippen molar-refractivity contribution in [2.75, 3.05) is 13.4 Å². The molecule has 0 saturated carbocycles. The van der Waals surface area contributed by atoms with E-state index in [1.807, 2.05) is 37.3 Å². The van der Waals surface area contributed by atoms with E-state index < -0.39 is 0 Å². The number of aromatic nitrogens is 2. The van der Waals surface area contributed by atoms with Crippen molar-refractivity contribution in [2.24, 2.45) is 0 Å². The highest BCUT2D eigenvalue weighted by atomic mass is 32.1. The van der Waals surface area contributed by atoms with Gasteiger partial charge in [-0.15, -0.1) is 11.3 Å². The molecule has 1 aromatic carbocycles. The van der Waals surface area contributed by atoms with Gasteiger partial charge in [-0.1, -0.05) is 6.07 Å². The lowest BCUT2D eigenvalue weighted by atomic mass is 10.2. The molecule has 0 radical (unpaired) electrons. The number of fused-ring (bicyclic) bond motifs is 1. The zero-order valence-corrected chi connectivity index (χ0v) is 15.2. The van der Waals surface area contributed by atoms with Crippen molar-refractivity contribution in [1.82, 2.24) is 15.3 Å². The fraction of sp³-hybridized carbons (Fsp3) is 0.263. The number of nitrogens with one attached hydrogen (secondary N) is 1. The minimum Gasteiger partial charge on any atom is -0.478 e. The number of benzene rings is 1. The van der Waals surface area contributed by atoms with Gasteiger partial charge >= 0.3 is 0 Å². The van der Waals surface area contributed by atoms with E-state index in [-0.39, 0.29) is 6.79 Å². The van der Waals surface area contributed by atoms with Crippen molar-refractivity contribution in [3.05, 3.63) is 53.2 Å². The first-order valence-corrected chi connectivity index (χ1v) is 9.33. The maximum Gasteiger partial charge on any atom is 0.231 e. The molecule has 134 valence electrons. The third-order valence-corrected chi connectivity index (χ3v) is 4.86. The highest BCUT2D eigenvalue weighted by molar-refractivity contribution is 7.13. The maximum absolute atomic E-state index is 5.55. The molecule has 0 fully saturated rings. The minimum absolute atomic E-state index is 0.282. The molecule has 3 heterocycles. The summed E-state index contributed by atoms with van der Waals surface area (Å²) >= 11 is 1.62. The van der Waals surface area contributed by atoms with Crippen LogP contribution in [0.1, 0.15) is 18.2 Å². The fourth-order valence-corrected chi connectivity index (χ4v) is 3.52. The van der Waals surface area contributed by atoms with Crippen molar-refractivity contribution >= 4 is 11.3 Å². The van der Waals surface area contributed by atoms with Crippen LogP contribution in [0, 0.1) is 0 Å². The van der Waals surface area contributed by atoms with Crippen LogP contribution in [-0.4, -0.2) is 23.4 Å². The van der Waals surface area contributed by atoms with E-state index in [9.17, 15) is 0 Å². The minimum atomic E-state index is 0.282. The molecule has 0 saturated heterocycles. The van der Waals surface area contributed by atoms with E-state index in [2.05, 4.69) is 15.7 Å². The Hall–Kier alpha value is -2.64. The summed E-state index contributed by atoms with van der Waals surface area (Å²) in [5, 5.41) is 6.44. The molecule has 0 amide bonds. The molecular weight excluding hydrogens is 350 g/mol. The number of ether oxygens (including phenoxy) is 3. The molecule has 3 aromatic rings. The zero-order chi connectivity index (χ0) is 17.8. The quantitative estimate of drug-likeness (QED) is 0.686. The van der Waals surface area contributed by atoms with Crippen molar-refractivity contribution in [1.29, 1.82) is 0 Å². The smallest absolute Gasteiger partial charge is 0.231 e. The Morgan fingerprint density at radius 3 is 3.04 bits per heavy atom. The lowest BCUT2D eigenvalue weighted by Crippen LogP contribution is -2.14. The molecule has 2 aromatic heterocycles. The predicted molar refractivity (Wildman–Crippen MR) is 99.6 cm³/mol. The standard InChI is InChI=1S/C19H19N3O3S/c1-2-23-18-14(4-3-7-21-18)9-20-10-15-11-26-19(22-15)13-5-6-16-17(8-13)25-12-24-16/h3-8,11,20H,2,9-10,12H2,1H3. The number of hydrogen-bond donors (Lipinski definition) is 1. The van der Waals surface area contributed by atoms with Crippen molar-refractivity contribution in [3.8, 4) is 28.0 Å². The topological polar surface area (TPSA) is 65.5 Å². The van der Waals surface area contributed by atoms with Gasteiger partial charge in [0.25, 0.3) is 0 Å². The molecule has 26 heavy (non-hydrogen) atoms. The second kappa shape index (κ2) is 7.72. The largest absolute Gasteiger partial charge is 0.478 e. The predicted octanol–water partition coefficient (Wildman–Crippen LogP) is 3.62. The van der Waals surface area contributed by atoms with E-state index in [4.69, 9.17) is 19.2 Å². The van der Waals surface area contributed by atoms with E-state index in [1.165, 1.54) is 0 Å². The van der Waals surface area contributed by atoms with E-state index >= 15 is 0 Å². The Balaban J connectivity index is 1.38. The summed E-state index contributed by atoms with van der Waals surface area (Å²) in [7, 11) is 0. The van der Waals surface area contributed by atoms with Gasteiger partial charge in [0.15, 0.2) is 11.5 Å². The van der Waals surface area contributed by atoms with Crippen LogP contribution < -0.4 is 19.5 Å². The third-order valence-electron chi connectivity index (χ3n) is 3.92. The molecule has 1 aliphatic heterocycles. The van der Waals surface area contributed by atoms with Gasteiger partial charge < -0.3 is 19.5 Å². The Bertz CT molecular complexity index is 897. The molecule has 0 aliphatic carbocycles.